The molecule has 110 valence electrons. The minimum atomic E-state index is -3.53. The van der Waals surface area contributed by atoms with E-state index in [1.807, 2.05) is 6.07 Å². The monoisotopic (exact) mass is 324 g/mol. The summed E-state index contributed by atoms with van der Waals surface area (Å²) < 4.78 is 39.0. The molecule has 0 radical (unpaired) electrons. The average molecular weight is 325 g/mol. The highest BCUT2D eigenvalue weighted by Gasteiger charge is 2.67. The van der Waals surface area contributed by atoms with Gasteiger partial charge in [-0.1, -0.05) is 60.1 Å². The lowest BCUT2D eigenvalue weighted by Gasteiger charge is -2.03. The van der Waals surface area contributed by atoms with Crippen molar-refractivity contribution in [2.75, 3.05) is 5.75 Å². The fourth-order valence-corrected chi connectivity index (χ4v) is 4.85. The van der Waals surface area contributed by atoms with Crippen LogP contribution in [-0.2, 0) is 9.84 Å². The van der Waals surface area contributed by atoms with Crippen molar-refractivity contribution in [3.63, 3.8) is 0 Å². The maximum atomic E-state index is 14.4. The van der Waals surface area contributed by atoms with Gasteiger partial charge in [0, 0.05) is 11.8 Å². The quantitative estimate of drug-likeness (QED) is 0.802. The van der Waals surface area contributed by atoms with Gasteiger partial charge in [0.25, 0.3) is 0 Å². The Bertz CT molecular complexity index is 729. The van der Waals surface area contributed by atoms with Gasteiger partial charge in [-0.3, -0.25) is 0 Å². The van der Waals surface area contributed by atoms with Gasteiger partial charge in [-0.15, -0.1) is 0 Å². The summed E-state index contributed by atoms with van der Waals surface area (Å²) in [6.45, 7) is 0. The Labute approximate surface area is 128 Å². The van der Waals surface area contributed by atoms with Crippen molar-refractivity contribution in [1.29, 1.82) is 0 Å². The summed E-state index contributed by atoms with van der Waals surface area (Å²) in [7, 11) is -3.53. The van der Waals surface area contributed by atoms with E-state index in [0.717, 1.165) is 5.56 Å². The predicted octanol–water partition coefficient (Wildman–Crippen LogP) is 3.78. The molecule has 0 aromatic heterocycles. The van der Waals surface area contributed by atoms with Crippen molar-refractivity contribution in [1.82, 2.24) is 0 Å². The largest absolute Gasteiger partial charge is 0.225 e. The fraction of sp³-hybridized carbons (Fsp3) is 0.250. The molecule has 1 saturated carbocycles. The van der Waals surface area contributed by atoms with Crippen LogP contribution in [0.15, 0.2) is 65.6 Å². The molecule has 3 rings (SSSR count). The van der Waals surface area contributed by atoms with E-state index in [4.69, 9.17) is 11.6 Å². The first-order valence-corrected chi connectivity index (χ1v) is 8.66. The first-order valence-electron chi connectivity index (χ1n) is 6.63. The van der Waals surface area contributed by atoms with Gasteiger partial charge >= 0.3 is 0 Å². The molecule has 2 nitrogen and oxygen atoms in total. The maximum Gasteiger partial charge on any atom is 0.195 e. The minimum absolute atomic E-state index is 0.205. The smallest absolute Gasteiger partial charge is 0.195 e. The summed E-state index contributed by atoms with van der Waals surface area (Å²) in [4.78, 5) is 0.205. The zero-order valence-electron chi connectivity index (χ0n) is 11.1. The van der Waals surface area contributed by atoms with E-state index in [2.05, 4.69) is 0 Å². The standard InChI is InChI=1S/C16H14ClFO2S/c17-16(18)14(15(16)12-7-3-1-4-8-12)11-21(19,20)13-9-5-2-6-10-13/h1-10,14-15H,11H2/t14-,15-,16?/m1/s1. The molecule has 3 atom stereocenters. The molecule has 0 heterocycles. The molecule has 0 aliphatic heterocycles. The summed E-state index contributed by atoms with van der Waals surface area (Å²) in [5.41, 5.74) is 0.739. The van der Waals surface area contributed by atoms with Gasteiger partial charge in [0.2, 0.25) is 0 Å². The maximum absolute atomic E-state index is 14.4. The first-order chi connectivity index (χ1) is 9.93. The van der Waals surface area contributed by atoms with E-state index in [9.17, 15) is 12.8 Å². The molecule has 0 bridgehead atoms. The average Bonchev–Trinajstić information content (AvgIpc) is 3.01. The number of rotatable bonds is 4. The molecular weight excluding hydrogens is 311 g/mol. The highest BCUT2D eigenvalue weighted by molar-refractivity contribution is 7.91. The van der Waals surface area contributed by atoms with E-state index in [-0.39, 0.29) is 10.6 Å². The van der Waals surface area contributed by atoms with Gasteiger partial charge in [-0.05, 0) is 17.7 Å². The number of hydrogen-bond donors (Lipinski definition) is 0. The number of halogens is 2. The summed E-state index contributed by atoms with van der Waals surface area (Å²) in [6, 6.07) is 17.0. The Kier molecular flexibility index (Phi) is 3.54. The normalized spacial score (nSPS) is 28.3. The second kappa shape index (κ2) is 5.11. The Morgan fingerprint density at radius 1 is 1.00 bits per heavy atom. The van der Waals surface area contributed by atoms with E-state index < -0.39 is 26.8 Å². The second-order valence-electron chi connectivity index (χ2n) is 5.26. The Balaban J connectivity index is 1.83. The van der Waals surface area contributed by atoms with Crippen molar-refractivity contribution < 1.29 is 12.8 Å². The highest BCUT2D eigenvalue weighted by atomic mass is 35.5. The second-order valence-corrected chi connectivity index (χ2v) is 7.88. The molecular formula is C16H14ClFO2S. The Morgan fingerprint density at radius 3 is 2.10 bits per heavy atom. The molecule has 1 aliphatic rings. The molecule has 1 aliphatic carbocycles. The predicted molar refractivity (Wildman–Crippen MR) is 80.9 cm³/mol. The topological polar surface area (TPSA) is 34.1 Å². The highest BCUT2D eigenvalue weighted by Crippen LogP contribution is 2.63. The van der Waals surface area contributed by atoms with Crippen LogP contribution in [0, 0.1) is 5.92 Å². The Morgan fingerprint density at radius 2 is 1.52 bits per heavy atom. The van der Waals surface area contributed by atoms with Crippen molar-refractivity contribution in [3.8, 4) is 0 Å². The van der Waals surface area contributed by atoms with E-state index in [1.54, 1.807) is 42.5 Å². The van der Waals surface area contributed by atoms with Gasteiger partial charge in [0.05, 0.1) is 10.6 Å². The summed E-state index contributed by atoms with van der Waals surface area (Å²) in [6.07, 6.45) is 0. The molecule has 0 saturated heterocycles. The third-order valence-electron chi connectivity index (χ3n) is 3.86. The third-order valence-corrected chi connectivity index (χ3v) is 6.17. The third kappa shape index (κ3) is 2.70. The van der Waals surface area contributed by atoms with Gasteiger partial charge < -0.3 is 0 Å². The van der Waals surface area contributed by atoms with Crippen LogP contribution >= 0.6 is 11.6 Å². The van der Waals surface area contributed by atoms with E-state index in [0.29, 0.717) is 0 Å². The lowest BCUT2D eigenvalue weighted by atomic mass is 10.1. The van der Waals surface area contributed by atoms with Crippen LogP contribution in [0.2, 0.25) is 0 Å². The van der Waals surface area contributed by atoms with Crippen LogP contribution in [0.3, 0.4) is 0 Å². The van der Waals surface area contributed by atoms with Crippen molar-refractivity contribution in [3.05, 3.63) is 66.2 Å². The number of sulfone groups is 1. The lowest BCUT2D eigenvalue weighted by molar-refractivity contribution is 0.395. The van der Waals surface area contributed by atoms with Gasteiger partial charge in [-0.25, -0.2) is 12.8 Å². The van der Waals surface area contributed by atoms with Crippen LogP contribution in [0.5, 0.6) is 0 Å². The fourth-order valence-electron chi connectivity index (χ4n) is 2.67. The van der Waals surface area contributed by atoms with Gasteiger partial charge in [0.1, 0.15) is 0 Å². The minimum Gasteiger partial charge on any atom is -0.225 e. The lowest BCUT2D eigenvalue weighted by Crippen LogP contribution is -2.11. The zero-order chi connectivity index (χ0) is 15.1. The molecule has 1 fully saturated rings. The van der Waals surface area contributed by atoms with Crippen LogP contribution in [-0.4, -0.2) is 19.3 Å². The molecule has 2 aromatic carbocycles. The number of benzene rings is 2. The zero-order valence-corrected chi connectivity index (χ0v) is 12.7. The van der Waals surface area contributed by atoms with Crippen molar-refractivity contribution in [2.24, 2.45) is 5.92 Å². The van der Waals surface area contributed by atoms with Crippen LogP contribution < -0.4 is 0 Å². The molecule has 21 heavy (non-hydrogen) atoms. The van der Waals surface area contributed by atoms with Crippen LogP contribution in [0.4, 0.5) is 4.39 Å². The molecule has 0 amide bonds. The summed E-state index contributed by atoms with van der Waals surface area (Å²) in [5, 5.41) is -1.98. The van der Waals surface area contributed by atoms with Gasteiger partial charge in [0.15, 0.2) is 15.0 Å². The summed E-state index contributed by atoms with van der Waals surface area (Å²) in [5.74, 6) is -1.57. The van der Waals surface area contributed by atoms with Crippen molar-refractivity contribution in [2.45, 2.75) is 15.9 Å². The van der Waals surface area contributed by atoms with Crippen molar-refractivity contribution >= 4 is 21.4 Å². The van der Waals surface area contributed by atoms with Crippen LogP contribution in [0.1, 0.15) is 11.5 Å². The van der Waals surface area contributed by atoms with E-state index in [1.165, 1.54) is 12.1 Å². The number of alkyl halides is 2. The SMILES string of the molecule is O=S(=O)(C[C@@H]1[C@@H](c2ccccc2)C1(F)Cl)c1ccccc1. The van der Waals surface area contributed by atoms with E-state index >= 15 is 0 Å². The molecule has 0 N–H and O–H groups in total. The first kappa shape index (κ1) is 14.5. The van der Waals surface area contributed by atoms with Gasteiger partial charge in [-0.2, -0.15) is 0 Å². The molecule has 5 heteroatoms. The van der Waals surface area contributed by atoms with Crippen LogP contribution in [0.25, 0.3) is 0 Å². The molecule has 2 aromatic rings. The molecule has 1 unspecified atom stereocenters. The Hall–Kier alpha value is -1.39. The number of hydrogen-bond acceptors (Lipinski definition) is 2. The molecule has 0 spiro atoms. The summed E-state index contributed by atoms with van der Waals surface area (Å²) >= 11 is 5.87.